The predicted octanol–water partition coefficient (Wildman–Crippen LogP) is 2.01. The van der Waals surface area contributed by atoms with Crippen LogP contribution in [0.4, 0.5) is 18.9 Å². The lowest BCUT2D eigenvalue weighted by molar-refractivity contribution is -0.386. The first kappa shape index (κ1) is 12.9. The summed E-state index contributed by atoms with van der Waals surface area (Å²) in [7, 11) is 0. The van der Waals surface area contributed by atoms with Crippen molar-refractivity contribution in [2.45, 2.75) is 13.3 Å². The number of nitrogens with zero attached hydrogens (tertiary/aromatic N) is 2. The number of pyridine rings is 1. The van der Waals surface area contributed by atoms with E-state index in [9.17, 15) is 28.1 Å². The molecule has 0 atom stereocenters. The van der Waals surface area contributed by atoms with E-state index >= 15 is 0 Å². The fourth-order valence-corrected chi connectivity index (χ4v) is 1.15. The minimum atomic E-state index is -4.98. The van der Waals surface area contributed by atoms with Crippen molar-refractivity contribution < 1.29 is 27.6 Å². The average molecular weight is 250 g/mol. The van der Waals surface area contributed by atoms with E-state index in [1.54, 1.807) is 0 Å². The standard InChI is InChI=1S/C8H5F3N2O4/c1-4-2-6(17-8(9,10)11)12-5(3-14)7(4)13(15)16/h2-3H,1H3. The van der Waals surface area contributed by atoms with Crippen molar-refractivity contribution in [2.24, 2.45) is 0 Å². The van der Waals surface area contributed by atoms with Crippen LogP contribution < -0.4 is 4.74 Å². The Morgan fingerprint density at radius 1 is 1.53 bits per heavy atom. The highest BCUT2D eigenvalue weighted by molar-refractivity contribution is 5.79. The maximum atomic E-state index is 11.9. The van der Waals surface area contributed by atoms with Gasteiger partial charge in [0.25, 0.3) is 0 Å². The number of aromatic nitrogens is 1. The molecule has 1 aromatic rings. The number of ether oxygens (including phenoxy) is 1. The van der Waals surface area contributed by atoms with Crippen molar-refractivity contribution in [1.82, 2.24) is 4.98 Å². The summed E-state index contributed by atoms with van der Waals surface area (Å²) < 4.78 is 39.1. The number of aryl methyl sites for hydroxylation is 1. The minimum absolute atomic E-state index is 0.00559. The van der Waals surface area contributed by atoms with Gasteiger partial charge in [-0.1, -0.05) is 0 Å². The largest absolute Gasteiger partial charge is 0.574 e. The van der Waals surface area contributed by atoms with Crippen LogP contribution >= 0.6 is 0 Å². The SMILES string of the molecule is Cc1cc(OC(F)(F)F)nc(C=O)c1[N+](=O)[O-]. The summed E-state index contributed by atoms with van der Waals surface area (Å²) in [6, 6.07) is 0.735. The molecule has 1 aromatic heterocycles. The third-order valence-electron chi connectivity index (χ3n) is 1.70. The molecule has 0 spiro atoms. The second-order valence-electron chi connectivity index (χ2n) is 2.93. The minimum Gasteiger partial charge on any atom is -0.388 e. The molecule has 0 aromatic carbocycles. The molecule has 17 heavy (non-hydrogen) atoms. The first-order valence-corrected chi connectivity index (χ1v) is 4.11. The molecule has 0 aliphatic carbocycles. The van der Waals surface area contributed by atoms with Gasteiger partial charge in [0.05, 0.1) is 4.92 Å². The van der Waals surface area contributed by atoms with Gasteiger partial charge >= 0.3 is 12.0 Å². The van der Waals surface area contributed by atoms with Crippen molar-refractivity contribution in [2.75, 3.05) is 0 Å². The van der Waals surface area contributed by atoms with E-state index < -0.39 is 28.5 Å². The van der Waals surface area contributed by atoms with Crippen molar-refractivity contribution >= 4 is 12.0 Å². The summed E-state index contributed by atoms with van der Waals surface area (Å²) in [4.78, 5) is 23.2. The molecule has 9 heteroatoms. The number of aldehydes is 1. The van der Waals surface area contributed by atoms with Gasteiger partial charge in [0.2, 0.25) is 5.88 Å². The van der Waals surface area contributed by atoms with Crippen LogP contribution in [0.15, 0.2) is 6.07 Å². The second kappa shape index (κ2) is 4.36. The fourth-order valence-electron chi connectivity index (χ4n) is 1.15. The van der Waals surface area contributed by atoms with Gasteiger partial charge < -0.3 is 4.74 Å². The van der Waals surface area contributed by atoms with E-state index in [1.165, 1.54) is 6.92 Å². The van der Waals surface area contributed by atoms with E-state index in [0.29, 0.717) is 0 Å². The lowest BCUT2D eigenvalue weighted by Crippen LogP contribution is -2.18. The van der Waals surface area contributed by atoms with E-state index in [-0.39, 0.29) is 11.8 Å². The monoisotopic (exact) mass is 250 g/mol. The smallest absolute Gasteiger partial charge is 0.388 e. The molecule has 92 valence electrons. The highest BCUT2D eigenvalue weighted by atomic mass is 19.4. The third-order valence-corrected chi connectivity index (χ3v) is 1.70. The quantitative estimate of drug-likeness (QED) is 0.465. The van der Waals surface area contributed by atoms with Gasteiger partial charge in [0.1, 0.15) is 0 Å². The number of hydrogen-bond donors (Lipinski definition) is 0. The van der Waals surface area contributed by atoms with Crippen LogP contribution in [0.3, 0.4) is 0 Å². The van der Waals surface area contributed by atoms with Crippen molar-refractivity contribution in [3.8, 4) is 5.88 Å². The summed E-state index contributed by atoms with van der Waals surface area (Å²) >= 11 is 0. The Labute approximate surface area is 92.2 Å². The van der Waals surface area contributed by atoms with Crippen LogP contribution in [0, 0.1) is 17.0 Å². The molecule has 0 N–H and O–H groups in total. The Kier molecular flexibility index (Phi) is 3.30. The van der Waals surface area contributed by atoms with Crippen LogP contribution in [0.5, 0.6) is 5.88 Å². The van der Waals surface area contributed by atoms with Crippen molar-refractivity contribution in [3.05, 3.63) is 27.4 Å². The summed E-state index contributed by atoms with van der Waals surface area (Å²) in [5.41, 5.74) is -1.50. The summed E-state index contributed by atoms with van der Waals surface area (Å²) in [5.74, 6) is -0.914. The number of carbonyl (C=O) groups is 1. The van der Waals surface area contributed by atoms with Crippen LogP contribution in [-0.2, 0) is 0 Å². The lowest BCUT2D eigenvalue weighted by atomic mass is 10.2. The molecule has 1 heterocycles. The molecule has 1 rings (SSSR count). The number of halogens is 3. The summed E-state index contributed by atoms with van der Waals surface area (Å²) in [6.45, 7) is 1.18. The zero-order chi connectivity index (χ0) is 13.2. The van der Waals surface area contributed by atoms with Crippen LogP contribution in [0.1, 0.15) is 16.1 Å². The number of nitro groups is 1. The van der Waals surface area contributed by atoms with E-state index in [4.69, 9.17) is 0 Å². The van der Waals surface area contributed by atoms with Gasteiger partial charge in [0, 0.05) is 11.6 Å². The van der Waals surface area contributed by atoms with E-state index in [0.717, 1.165) is 6.07 Å². The average Bonchev–Trinajstić information content (AvgIpc) is 2.12. The third kappa shape index (κ3) is 3.13. The Bertz CT molecular complexity index is 473. The first-order valence-electron chi connectivity index (χ1n) is 4.11. The fraction of sp³-hybridized carbons (Fsp3) is 0.250. The van der Waals surface area contributed by atoms with Gasteiger partial charge in [-0.15, -0.1) is 13.2 Å². The molecule has 0 unspecified atom stereocenters. The normalized spacial score (nSPS) is 11.1. The predicted molar refractivity (Wildman–Crippen MR) is 47.7 cm³/mol. The first-order chi connectivity index (χ1) is 7.74. The van der Waals surface area contributed by atoms with Crippen LogP contribution in [-0.4, -0.2) is 22.6 Å². The lowest BCUT2D eigenvalue weighted by Gasteiger charge is -2.09. The summed E-state index contributed by atoms with van der Waals surface area (Å²) in [6.07, 6.45) is -4.98. The number of rotatable bonds is 3. The molecule has 0 fully saturated rings. The molecular formula is C8H5F3N2O4. The highest BCUT2D eigenvalue weighted by Crippen LogP contribution is 2.27. The molecule has 0 radical (unpaired) electrons. The maximum absolute atomic E-state index is 11.9. The molecule has 0 saturated carbocycles. The van der Waals surface area contributed by atoms with Crippen LogP contribution in [0.2, 0.25) is 0 Å². The molecule has 0 aliphatic heterocycles. The molecule has 6 nitrogen and oxygen atoms in total. The van der Waals surface area contributed by atoms with Crippen LogP contribution in [0.25, 0.3) is 0 Å². The topological polar surface area (TPSA) is 82.3 Å². The number of carbonyl (C=O) groups excluding carboxylic acids is 1. The zero-order valence-electron chi connectivity index (χ0n) is 8.32. The highest BCUT2D eigenvalue weighted by Gasteiger charge is 2.33. The van der Waals surface area contributed by atoms with Gasteiger partial charge in [-0.05, 0) is 6.92 Å². The summed E-state index contributed by atoms with van der Waals surface area (Å²) in [5, 5.41) is 10.5. The van der Waals surface area contributed by atoms with E-state index in [1.807, 2.05) is 0 Å². The second-order valence-corrected chi connectivity index (χ2v) is 2.93. The van der Waals surface area contributed by atoms with Crippen molar-refractivity contribution in [3.63, 3.8) is 0 Å². The molecule has 0 amide bonds. The Morgan fingerprint density at radius 3 is 2.53 bits per heavy atom. The van der Waals surface area contributed by atoms with Gasteiger partial charge in [-0.3, -0.25) is 14.9 Å². The maximum Gasteiger partial charge on any atom is 0.574 e. The molecule has 0 bridgehead atoms. The van der Waals surface area contributed by atoms with Gasteiger partial charge in [-0.2, -0.15) is 0 Å². The Hall–Kier alpha value is -2.19. The Balaban J connectivity index is 3.27. The zero-order valence-corrected chi connectivity index (χ0v) is 8.32. The molecule has 0 saturated heterocycles. The van der Waals surface area contributed by atoms with Gasteiger partial charge in [-0.25, -0.2) is 4.98 Å². The number of alkyl halides is 3. The van der Waals surface area contributed by atoms with Gasteiger partial charge in [0.15, 0.2) is 12.0 Å². The van der Waals surface area contributed by atoms with E-state index in [2.05, 4.69) is 9.72 Å². The number of hydrogen-bond acceptors (Lipinski definition) is 5. The van der Waals surface area contributed by atoms with Crippen molar-refractivity contribution in [1.29, 1.82) is 0 Å². The Morgan fingerprint density at radius 2 is 2.12 bits per heavy atom. The molecular weight excluding hydrogens is 245 g/mol. The molecule has 0 aliphatic rings.